The molecule has 1 aromatic rings. The average Bonchev–Trinajstić information content (AvgIpc) is 2.26. The van der Waals surface area contributed by atoms with Crippen LogP contribution in [0.15, 0.2) is 0 Å². The number of rotatable bonds is 1. The standard InChI is InChI=1S/C8H12N2O2/c1-5-7(8(11)12-4)10(3)6(2)9-5/h1-4H3. The highest BCUT2D eigenvalue weighted by molar-refractivity contribution is 5.88. The normalized spacial score (nSPS) is 10.0. The van der Waals surface area contributed by atoms with Crippen molar-refractivity contribution >= 4 is 5.97 Å². The summed E-state index contributed by atoms with van der Waals surface area (Å²) in [6.07, 6.45) is 0. The number of methoxy groups -OCH3 is 1. The van der Waals surface area contributed by atoms with Gasteiger partial charge in [0.15, 0.2) is 0 Å². The van der Waals surface area contributed by atoms with E-state index in [4.69, 9.17) is 0 Å². The van der Waals surface area contributed by atoms with Gasteiger partial charge < -0.3 is 9.30 Å². The zero-order chi connectivity index (χ0) is 9.30. The summed E-state index contributed by atoms with van der Waals surface area (Å²) < 4.78 is 6.33. The van der Waals surface area contributed by atoms with Crippen LogP contribution in [0.4, 0.5) is 0 Å². The molecule has 0 bridgehead atoms. The summed E-state index contributed by atoms with van der Waals surface area (Å²) in [6, 6.07) is 0. The van der Waals surface area contributed by atoms with Gasteiger partial charge in [-0.05, 0) is 13.8 Å². The number of aryl methyl sites for hydroxylation is 2. The molecule has 1 aromatic heterocycles. The number of hydrogen-bond acceptors (Lipinski definition) is 3. The summed E-state index contributed by atoms with van der Waals surface area (Å²) in [5, 5.41) is 0. The van der Waals surface area contributed by atoms with Crippen LogP contribution in [-0.4, -0.2) is 22.6 Å². The van der Waals surface area contributed by atoms with E-state index < -0.39 is 0 Å². The Morgan fingerprint density at radius 1 is 1.50 bits per heavy atom. The Bertz CT molecular complexity index is 315. The lowest BCUT2D eigenvalue weighted by atomic mass is 10.3. The number of esters is 1. The zero-order valence-electron chi connectivity index (χ0n) is 7.71. The van der Waals surface area contributed by atoms with Crippen molar-refractivity contribution < 1.29 is 9.53 Å². The molecule has 1 rings (SSSR count). The van der Waals surface area contributed by atoms with E-state index in [0.29, 0.717) is 11.4 Å². The van der Waals surface area contributed by atoms with E-state index in [1.165, 1.54) is 7.11 Å². The summed E-state index contributed by atoms with van der Waals surface area (Å²) in [6.45, 7) is 3.64. The van der Waals surface area contributed by atoms with Gasteiger partial charge in [-0.2, -0.15) is 0 Å². The highest BCUT2D eigenvalue weighted by Crippen LogP contribution is 2.09. The van der Waals surface area contributed by atoms with E-state index in [1.54, 1.807) is 18.5 Å². The van der Waals surface area contributed by atoms with Gasteiger partial charge in [0.05, 0.1) is 12.8 Å². The Morgan fingerprint density at radius 2 is 2.08 bits per heavy atom. The van der Waals surface area contributed by atoms with E-state index in [1.807, 2.05) is 6.92 Å². The second kappa shape index (κ2) is 2.97. The highest BCUT2D eigenvalue weighted by atomic mass is 16.5. The molecule has 0 radical (unpaired) electrons. The molecule has 0 aliphatic carbocycles. The maximum atomic E-state index is 11.2. The summed E-state index contributed by atoms with van der Waals surface area (Å²) in [7, 11) is 3.16. The molecule has 4 nitrogen and oxygen atoms in total. The van der Waals surface area contributed by atoms with Crippen LogP contribution in [0.5, 0.6) is 0 Å². The second-order valence-corrected chi connectivity index (χ2v) is 2.64. The summed E-state index contributed by atoms with van der Waals surface area (Å²) in [4.78, 5) is 15.3. The molecule has 66 valence electrons. The number of carbonyl (C=O) groups excluding carboxylic acids is 1. The highest BCUT2D eigenvalue weighted by Gasteiger charge is 2.16. The molecule has 0 aliphatic heterocycles. The van der Waals surface area contributed by atoms with Crippen LogP contribution in [0.1, 0.15) is 22.0 Å². The largest absolute Gasteiger partial charge is 0.464 e. The number of carbonyl (C=O) groups is 1. The number of ether oxygens (including phenoxy) is 1. The van der Waals surface area contributed by atoms with Gasteiger partial charge >= 0.3 is 5.97 Å². The smallest absolute Gasteiger partial charge is 0.356 e. The van der Waals surface area contributed by atoms with Crippen LogP contribution in [0.2, 0.25) is 0 Å². The van der Waals surface area contributed by atoms with Gasteiger partial charge in [0.1, 0.15) is 11.5 Å². The fourth-order valence-electron chi connectivity index (χ4n) is 1.16. The molecular weight excluding hydrogens is 156 g/mol. The Hall–Kier alpha value is -1.32. The molecule has 12 heavy (non-hydrogen) atoms. The zero-order valence-corrected chi connectivity index (χ0v) is 7.71. The number of aromatic nitrogens is 2. The maximum absolute atomic E-state index is 11.2. The van der Waals surface area contributed by atoms with Gasteiger partial charge in [0.2, 0.25) is 0 Å². The first-order chi connectivity index (χ1) is 5.57. The van der Waals surface area contributed by atoms with E-state index in [2.05, 4.69) is 9.72 Å². The van der Waals surface area contributed by atoms with E-state index in [9.17, 15) is 4.79 Å². The third kappa shape index (κ3) is 1.20. The monoisotopic (exact) mass is 168 g/mol. The van der Waals surface area contributed by atoms with Crippen molar-refractivity contribution in [3.8, 4) is 0 Å². The Morgan fingerprint density at radius 3 is 2.42 bits per heavy atom. The molecule has 0 unspecified atom stereocenters. The van der Waals surface area contributed by atoms with Crippen molar-refractivity contribution in [3.05, 3.63) is 17.2 Å². The minimum atomic E-state index is -0.337. The fourth-order valence-corrected chi connectivity index (χ4v) is 1.16. The molecule has 0 saturated heterocycles. The second-order valence-electron chi connectivity index (χ2n) is 2.64. The van der Waals surface area contributed by atoms with Crippen LogP contribution in [0.25, 0.3) is 0 Å². The maximum Gasteiger partial charge on any atom is 0.356 e. The molecule has 0 N–H and O–H groups in total. The van der Waals surface area contributed by atoms with E-state index >= 15 is 0 Å². The minimum absolute atomic E-state index is 0.337. The summed E-state index contributed by atoms with van der Waals surface area (Å²) in [5.74, 6) is 0.475. The molecule has 0 aromatic carbocycles. The molecule has 0 fully saturated rings. The van der Waals surface area contributed by atoms with Gasteiger partial charge in [0, 0.05) is 7.05 Å². The first kappa shape index (κ1) is 8.77. The number of imidazole rings is 1. The number of hydrogen-bond donors (Lipinski definition) is 0. The van der Waals surface area contributed by atoms with Gasteiger partial charge in [-0.3, -0.25) is 0 Å². The predicted molar refractivity (Wildman–Crippen MR) is 44.0 cm³/mol. The number of nitrogens with zero attached hydrogens (tertiary/aromatic N) is 2. The molecule has 0 saturated carbocycles. The van der Waals surface area contributed by atoms with E-state index in [0.717, 1.165) is 5.82 Å². The van der Waals surface area contributed by atoms with Crippen LogP contribution in [0, 0.1) is 13.8 Å². The van der Waals surface area contributed by atoms with Crippen molar-refractivity contribution in [2.45, 2.75) is 13.8 Å². The molecular formula is C8H12N2O2. The molecule has 0 aliphatic rings. The first-order valence-electron chi connectivity index (χ1n) is 3.66. The Labute approximate surface area is 71.2 Å². The van der Waals surface area contributed by atoms with Crippen LogP contribution >= 0.6 is 0 Å². The molecule has 0 amide bonds. The lowest BCUT2D eigenvalue weighted by Crippen LogP contribution is -2.09. The average molecular weight is 168 g/mol. The topological polar surface area (TPSA) is 44.1 Å². The molecule has 0 atom stereocenters. The van der Waals surface area contributed by atoms with Crippen molar-refractivity contribution in [2.75, 3.05) is 7.11 Å². The third-order valence-corrected chi connectivity index (χ3v) is 1.87. The van der Waals surface area contributed by atoms with E-state index in [-0.39, 0.29) is 5.97 Å². The summed E-state index contributed by atoms with van der Waals surface area (Å²) >= 11 is 0. The fraction of sp³-hybridized carbons (Fsp3) is 0.500. The third-order valence-electron chi connectivity index (χ3n) is 1.87. The quantitative estimate of drug-likeness (QED) is 0.583. The van der Waals surface area contributed by atoms with Crippen molar-refractivity contribution in [1.82, 2.24) is 9.55 Å². The van der Waals surface area contributed by atoms with Gasteiger partial charge in [0.25, 0.3) is 0 Å². The van der Waals surface area contributed by atoms with Gasteiger partial charge in [-0.1, -0.05) is 0 Å². The SMILES string of the molecule is COC(=O)c1c(C)nc(C)n1C. The van der Waals surface area contributed by atoms with Crippen molar-refractivity contribution in [2.24, 2.45) is 7.05 Å². The predicted octanol–water partition coefficient (Wildman–Crippen LogP) is 0.824. The van der Waals surface area contributed by atoms with Crippen molar-refractivity contribution in [3.63, 3.8) is 0 Å². The van der Waals surface area contributed by atoms with Crippen LogP contribution in [0.3, 0.4) is 0 Å². The minimum Gasteiger partial charge on any atom is -0.464 e. The lowest BCUT2D eigenvalue weighted by molar-refractivity contribution is 0.0588. The first-order valence-corrected chi connectivity index (χ1v) is 3.66. The Kier molecular flexibility index (Phi) is 2.17. The van der Waals surface area contributed by atoms with Crippen LogP contribution < -0.4 is 0 Å². The molecule has 0 spiro atoms. The Balaban J connectivity index is 3.22. The molecule has 1 heterocycles. The van der Waals surface area contributed by atoms with Gasteiger partial charge in [-0.15, -0.1) is 0 Å². The summed E-state index contributed by atoms with van der Waals surface area (Å²) in [5.41, 5.74) is 1.23. The van der Waals surface area contributed by atoms with Crippen molar-refractivity contribution in [1.29, 1.82) is 0 Å². The molecule has 4 heteroatoms. The lowest BCUT2D eigenvalue weighted by Gasteiger charge is -2.01. The van der Waals surface area contributed by atoms with Gasteiger partial charge in [-0.25, -0.2) is 9.78 Å². The van der Waals surface area contributed by atoms with Crippen LogP contribution in [-0.2, 0) is 11.8 Å².